The van der Waals surface area contributed by atoms with Crippen molar-refractivity contribution in [3.05, 3.63) is 65.8 Å². The molecule has 0 bridgehead atoms. The van der Waals surface area contributed by atoms with Crippen LogP contribution in [0.4, 0.5) is 0 Å². The van der Waals surface area contributed by atoms with Crippen LogP contribution in [0.3, 0.4) is 0 Å². The molecule has 8 heteroatoms. The van der Waals surface area contributed by atoms with Crippen molar-refractivity contribution in [2.45, 2.75) is 38.0 Å². The van der Waals surface area contributed by atoms with Crippen LogP contribution in [0.25, 0.3) is 11.4 Å². The number of benzene rings is 1. The molecule has 1 fully saturated rings. The van der Waals surface area contributed by atoms with Gasteiger partial charge in [0.05, 0.1) is 0 Å². The fraction of sp³-hybridized carbons (Fsp3) is 0.400. The van der Waals surface area contributed by atoms with Crippen LogP contribution in [0.5, 0.6) is 0 Å². The molecule has 0 unspecified atom stereocenters. The van der Waals surface area contributed by atoms with E-state index in [1.807, 2.05) is 35.2 Å². The van der Waals surface area contributed by atoms with E-state index in [0.717, 1.165) is 42.6 Å². The van der Waals surface area contributed by atoms with Gasteiger partial charge in [0.15, 0.2) is 0 Å². The van der Waals surface area contributed by atoms with E-state index in [4.69, 9.17) is 4.52 Å². The number of rotatable bonds is 6. The average molecular weight is 446 g/mol. The number of carbonyl (C=O) groups is 2. The Morgan fingerprint density at radius 2 is 2.00 bits per heavy atom. The lowest BCUT2D eigenvalue weighted by Crippen LogP contribution is -2.43. The van der Waals surface area contributed by atoms with E-state index < -0.39 is 0 Å². The Hall–Kier alpha value is -3.55. The van der Waals surface area contributed by atoms with E-state index in [9.17, 15) is 9.59 Å². The predicted molar refractivity (Wildman–Crippen MR) is 121 cm³/mol. The molecule has 5 rings (SSSR count). The summed E-state index contributed by atoms with van der Waals surface area (Å²) in [5, 5.41) is 7.03. The predicted octanol–water partition coefficient (Wildman–Crippen LogP) is 3.22. The summed E-state index contributed by atoms with van der Waals surface area (Å²) in [7, 11) is 0. The molecule has 1 atom stereocenters. The molecule has 170 valence electrons. The maximum atomic E-state index is 12.7. The normalized spacial score (nSPS) is 18.6. The lowest BCUT2D eigenvalue weighted by molar-refractivity contribution is -0.132. The molecular weight excluding hydrogens is 418 g/mol. The van der Waals surface area contributed by atoms with Crippen molar-refractivity contribution in [3.63, 3.8) is 0 Å². The largest absolute Gasteiger partial charge is 0.351 e. The maximum Gasteiger partial charge on any atom is 0.251 e. The maximum absolute atomic E-state index is 12.7. The number of hydrogen-bond donors (Lipinski definition) is 1. The number of carbonyl (C=O) groups excluding carboxylic acids is 2. The summed E-state index contributed by atoms with van der Waals surface area (Å²) < 4.78 is 5.32. The van der Waals surface area contributed by atoms with Crippen molar-refractivity contribution in [3.8, 4) is 11.4 Å². The zero-order valence-electron chi connectivity index (χ0n) is 18.4. The summed E-state index contributed by atoms with van der Waals surface area (Å²) in [6.07, 6.45) is 7.03. The van der Waals surface area contributed by atoms with Crippen molar-refractivity contribution in [2.75, 3.05) is 19.6 Å². The number of pyridine rings is 1. The standard InChI is InChI=1S/C25H27N5O3/c31-23(9-3-8-22-28-24(29-33-22)18-5-4-12-26-15-18)30-13-10-17(11-14-30)21-16-27-25(32)20-7-2-1-6-19(20)21/h1-2,4-7,12,15,17,21H,3,8-11,13-14,16H2,(H,27,32)/t21-/m0/s1. The Kier molecular flexibility index (Phi) is 6.15. The van der Waals surface area contributed by atoms with E-state index >= 15 is 0 Å². The minimum absolute atomic E-state index is 0.0169. The molecule has 2 aliphatic heterocycles. The third-order valence-electron chi connectivity index (χ3n) is 6.72. The van der Waals surface area contributed by atoms with Gasteiger partial charge in [0.1, 0.15) is 0 Å². The van der Waals surface area contributed by atoms with Crippen LogP contribution in [0.1, 0.15) is 53.4 Å². The Labute approximate surface area is 192 Å². The SMILES string of the molecule is O=C1NC[C@@H](C2CCN(C(=O)CCCc3nc(-c4cccnc4)no3)CC2)c2ccccc21. The summed E-state index contributed by atoms with van der Waals surface area (Å²) in [6.45, 7) is 2.21. The number of aryl methyl sites for hydroxylation is 1. The zero-order valence-corrected chi connectivity index (χ0v) is 18.4. The number of fused-ring (bicyclic) bond motifs is 1. The molecule has 3 aromatic rings. The first-order valence-corrected chi connectivity index (χ1v) is 11.6. The van der Waals surface area contributed by atoms with Gasteiger partial charge in [0.25, 0.3) is 5.91 Å². The summed E-state index contributed by atoms with van der Waals surface area (Å²) >= 11 is 0. The van der Waals surface area contributed by atoms with Crippen molar-refractivity contribution in [1.82, 2.24) is 25.3 Å². The molecule has 0 spiro atoms. The van der Waals surface area contributed by atoms with Gasteiger partial charge in [0, 0.05) is 61.9 Å². The summed E-state index contributed by atoms with van der Waals surface area (Å²) in [4.78, 5) is 35.3. The summed E-state index contributed by atoms with van der Waals surface area (Å²) in [5.74, 6) is 2.05. The highest BCUT2D eigenvalue weighted by atomic mass is 16.5. The fourth-order valence-electron chi connectivity index (χ4n) is 4.92. The van der Waals surface area contributed by atoms with Crippen LogP contribution in [-0.4, -0.2) is 51.5 Å². The van der Waals surface area contributed by atoms with Gasteiger partial charge in [0.2, 0.25) is 17.6 Å². The molecule has 1 aromatic carbocycles. The van der Waals surface area contributed by atoms with E-state index in [1.165, 1.54) is 0 Å². The Balaban J connectivity index is 1.10. The third-order valence-corrected chi connectivity index (χ3v) is 6.72. The van der Waals surface area contributed by atoms with Crippen molar-refractivity contribution >= 4 is 11.8 Å². The van der Waals surface area contributed by atoms with Gasteiger partial charge >= 0.3 is 0 Å². The van der Waals surface area contributed by atoms with Crippen LogP contribution in [0.2, 0.25) is 0 Å². The summed E-state index contributed by atoms with van der Waals surface area (Å²) in [5.41, 5.74) is 2.75. The monoisotopic (exact) mass is 445 g/mol. The van der Waals surface area contributed by atoms with Crippen LogP contribution >= 0.6 is 0 Å². The zero-order chi connectivity index (χ0) is 22.6. The number of amides is 2. The summed E-state index contributed by atoms with van der Waals surface area (Å²) in [6, 6.07) is 11.6. The van der Waals surface area contributed by atoms with Gasteiger partial charge in [-0.15, -0.1) is 0 Å². The first-order chi connectivity index (χ1) is 16.2. The lowest BCUT2D eigenvalue weighted by atomic mass is 9.76. The molecule has 2 aliphatic rings. The van der Waals surface area contributed by atoms with Gasteiger partial charge in [-0.3, -0.25) is 14.6 Å². The van der Waals surface area contributed by atoms with Crippen LogP contribution in [0, 0.1) is 5.92 Å². The number of piperidine rings is 1. The average Bonchev–Trinajstić information content (AvgIpc) is 3.34. The molecule has 0 saturated carbocycles. The van der Waals surface area contributed by atoms with Crippen molar-refractivity contribution < 1.29 is 14.1 Å². The Morgan fingerprint density at radius 1 is 1.15 bits per heavy atom. The quantitative estimate of drug-likeness (QED) is 0.625. The Bertz CT molecular complexity index is 1120. The molecular formula is C25H27N5O3. The minimum Gasteiger partial charge on any atom is -0.351 e. The molecule has 0 radical (unpaired) electrons. The second-order valence-electron chi connectivity index (χ2n) is 8.73. The van der Waals surface area contributed by atoms with Gasteiger partial charge in [-0.1, -0.05) is 23.4 Å². The molecule has 8 nitrogen and oxygen atoms in total. The van der Waals surface area contributed by atoms with Gasteiger partial charge in [-0.25, -0.2) is 0 Å². The molecule has 33 heavy (non-hydrogen) atoms. The molecule has 0 aliphatic carbocycles. The number of likely N-dealkylation sites (tertiary alicyclic amines) is 1. The van der Waals surface area contributed by atoms with E-state index in [0.29, 0.717) is 49.4 Å². The first-order valence-electron chi connectivity index (χ1n) is 11.6. The first kappa shape index (κ1) is 21.3. The highest BCUT2D eigenvalue weighted by Crippen LogP contribution is 2.36. The van der Waals surface area contributed by atoms with Crippen LogP contribution < -0.4 is 5.32 Å². The van der Waals surface area contributed by atoms with Crippen LogP contribution in [-0.2, 0) is 11.2 Å². The van der Waals surface area contributed by atoms with Crippen LogP contribution in [0.15, 0.2) is 53.3 Å². The van der Waals surface area contributed by atoms with E-state index in [-0.39, 0.29) is 11.8 Å². The minimum atomic E-state index is 0.0169. The molecule has 1 N–H and O–H groups in total. The van der Waals surface area contributed by atoms with E-state index in [2.05, 4.69) is 26.5 Å². The fourth-order valence-corrected chi connectivity index (χ4v) is 4.92. The molecule has 1 saturated heterocycles. The highest BCUT2D eigenvalue weighted by Gasteiger charge is 2.33. The molecule has 4 heterocycles. The number of nitrogens with one attached hydrogen (secondary N) is 1. The molecule has 2 aromatic heterocycles. The number of aromatic nitrogens is 3. The second kappa shape index (κ2) is 9.52. The lowest BCUT2D eigenvalue weighted by Gasteiger charge is -2.38. The second-order valence-corrected chi connectivity index (χ2v) is 8.73. The topological polar surface area (TPSA) is 101 Å². The number of nitrogens with zero attached hydrogens (tertiary/aromatic N) is 4. The van der Waals surface area contributed by atoms with Crippen molar-refractivity contribution in [2.24, 2.45) is 5.92 Å². The highest BCUT2D eigenvalue weighted by molar-refractivity contribution is 5.97. The smallest absolute Gasteiger partial charge is 0.251 e. The third kappa shape index (κ3) is 4.65. The van der Waals surface area contributed by atoms with E-state index in [1.54, 1.807) is 12.4 Å². The molecule has 2 amide bonds. The van der Waals surface area contributed by atoms with Crippen molar-refractivity contribution in [1.29, 1.82) is 0 Å². The Morgan fingerprint density at radius 3 is 2.82 bits per heavy atom. The van der Waals surface area contributed by atoms with Gasteiger partial charge in [-0.2, -0.15) is 4.98 Å². The van der Waals surface area contributed by atoms with Gasteiger partial charge in [-0.05, 0) is 48.9 Å². The van der Waals surface area contributed by atoms with Gasteiger partial charge < -0.3 is 14.7 Å². The number of hydrogen-bond acceptors (Lipinski definition) is 6.